The monoisotopic (exact) mass is 399 g/mol. The zero-order chi connectivity index (χ0) is 14.9. The molecule has 0 bridgehead atoms. The number of halogens is 3. The topological polar surface area (TPSA) is 37.4 Å². The van der Waals surface area contributed by atoms with Crippen LogP contribution in [0.25, 0.3) is 0 Å². The van der Waals surface area contributed by atoms with Crippen LogP contribution in [0.3, 0.4) is 0 Å². The molecule has 1 atom stereocenters. The van der Waals surface area contributed by atoms with Gasteiger partial charge in [0.1, 0.15) is 4.90 Å². The second kappa shape index (κ2) is 6.53. The lowest BCUT2D eigenvalue weighted by Crippen LogP contribution is -2.40. The van der Waals surface area contributed by atoms with Crippen LogP contribution in [0, 0.1) is 5.92 Å². The minimum Gasteiger partial charge on any atom is -0.207 e. The van der Waals surface area contributed by atoms with Crippen LogP contribution in [0.1, 0.15) is 19.8 Å². The van der Waals surface area contributed by atoms with Crippen LogP contribution in [0.5, 0.6) is 0 Å². The van der Waals surface area contributed by atoms with Gasteiger partial charge in [-0.15, -0.1) is 0 Å². The average molecular weight is 401 g/mol. The molecule has 1 aromatic carbocycles. The second-order valence-electron chi connectivity index (χ2n) is 4.99. The summed E-state index contributed by atoms with van der Waals surface area (Å²) >= 11 is 15.5. The van der Waals surface area contributed by atoms with Crippen molar-refractivity contribution >= 4 is 49.2 Å². The van der Waals surface area contributed by atoms with Gasteiger partial charge >= 0.3 is 0 Å². The van der Waals surface area contributed by atoms with Crippen LogP contribution in [0.2, 0.25) is 10.0 Å². The summed E-state index contributed by atoms with van der Waals surface area (Å²) in [6, 6.07) is 4.52. The fraction of sp³-hybridized carbons (Fsp3) is 0.538. The quantitative estimate of drug-likeness (QED) is 0.713. The third-order valence-electron chi connectivity index (χ3n) is 3.66. The van der Waals surface area contributed by atoms with Gasteiger partial charge in [0, 0.05) is 22.9 Å². The molecule has 0 radical (unpaired) electrons. The highest BCUT2D eigenvalue weighted by Crippen LogP contribution is 2.32. The van der Waals surface area contributed by atoms with Crippen LogP contribution < -0.4 is 0 Å². The summed E-state index contributed by atoms with van der Waals surface area (Å²) in [7, 11) is -3.56. The average Bonchev–Trinajstić information content (AvgIpc) is 2.41. The third kappa shape index (κ3) is 3.50. The van der Waals surface area contributed by atoms with Gasteiger partial charge in [-0.3, -0.25) is 0 Å². The Labute approximate surface area is 138 Å². The van der Waals surface area contributed by atoms with Crippen LogP contribution >= 0.6 is 39.1 Å². The molecule has 0 saturated carbocycles. The van der Waals surface area contributed by atoms with E-state index in [0.29, 0.717) is 28.9 Å². The lowest BCUT2D eigenvalue weighted by Gasteiger charge is -2.32. The predicted molar refractivity (Wildman–Crippen MR) is 86.3 cm³/mol. The molecule has 0 aliphatic carbocycles. The molecule has 112 valence electrons. The number of sulfonamides is 1. The Morgan fingerprint density at radius 1 is 1.30 bits per heavy atom. The number of hydrogen-bond donors (Lipinski definition) is 0. The number of piperidine rings is 1. The summed E-state index contributed by atoms with van der Waals surface area (Å²) in [5.41, 5.74) is 0. The van der Waals surface area contributed by atoms with Crippen LogP contribution in [0.4, 0.5) is 0 Å². The van der Waals surface area contributed by atoms with Crippen LogP contribution in [-0.2, 0) is 10.0 Å². The van der Waals surface area contributed by atoms with E-state index < -0.39 is 10.0 Å². The van der Waals surface area contributed by atoms with E-state index in [1.165, 1.54) is 16.4 Å². The van der Waals surface area contributed by atoms with E-state index in [4.69, 9.17) is 23.2 Å². The molecule has 20 heavy (non-hydrogen) atoms. The first kappa shape index (κ1) is 16.6. The van der Waals surface area contributed by atoms with Crippen molar-refractivity contribution in [2.75, 3.05) is 13.1 Å². The summed E-state index contributed by atoms with van der Waals surface area (Å²) in [6.07, 6.45) is 1.70. The second-order valence-corrected chi connectivity index (χ2v) is 9.19. The molecule has 0 aromatic heterocycles. The maximum atomic E-state index is 12.6. The van der Waals surface area contributed by atoms with Gasteiger partial charge in [-0.1, -0.05) is 46.1 Å². The molecule has 1 saturated heterocycles. The molecule has 1 aromatic rings. The lowest BCUT2D eigenvalue weighted by atomic mass is 9.96. The minimum absolute atomic E-state index is 0.0945. The van der Waals surface area contributed by atoms with E-state index >= 15 is 0 Å². The standard InChI is InChI=1S/C13H16BrCl2NO2S/c1-9(14)10-4-6-17(7-5-10)20(18,19)13-8-11(15)2-3-12(13)16/h2-3,8-10H,4-7H2,1H3. The number of rotatable bonds is 3. The van der Waals surface area contributed by atoms with Gasteiger partial charge in [0.05, 0.1) is 5.02 Å². The summed E-state index contributed by atoms with van der Waals surface area (Å²) in [4.78, 5) is 0.499. The Morgan fingerprint density at radius 2 is 1.90 bits per heavy atom. The molecule has 7 heteroatoms. The lowest BCUT2D eigenvalue weighted by molar-refractivity contribution is 0.275. The Bertz CT molecular complexity index is 584. The van der Waals surface area contributed by atoms with Crippen LogP contribution in [0.15, 0.2) is 23.1 Å². The maximum Gasteiger partial charge on any atom is 0.244 e. The summed E-state index contributed by atoms with van der Waals surface area (Å²) in [5, 5.41) is 0.585. The molecule has 3 nitrogen and oxygen atoms in total. The van der Waals surface area contributed by atoms with Crippen molar-refractivity contribution in [3.63, 3.8) is 0 Å². The molecule has 1 aliphatic rings. The van der Waals surface area contributed by atoms with E-state index in [9.17, 15) is 8.42 Å². The van der Waals surface area contributed by atoms with E-state index in [1.54, 1.807) is 6.07 Å². The van der Waals surface area contributed by atoms with Gasteiger partial charge in [-0.25, -0.2) is 8.42 Å². The van der Waals surface area contributed by atoms with Gasteiger partial charge in [-0.05, 0) is 37.0 Å². The molecule has 1 fully saturated rings. The third-order valence-corrected chi connectivity index (χ3v) is 7.02. The first-order chi connectivity index (χ1) is 9.32. The molecule has 0 amide bonds. The van der Waals surface area contributed by atoms with Gasteiger partial charge in [-0.2, -0.15) is 4.31 Å². The van der Waals surface area contributed by atoms with E-state index in [2.05, 4.69) is 22.9 Å². The molecule has 1 unspecified atom stereocenters. The smallest absolute Gasteiger partial charge is 0.207 e. The van der Waals surface area contributed by atoms with Gasteiger partial charge < -0.3 is 0 Å². The van der Waals surface area contributed by atoms with Gasteiger partial charge in [0.15, 0.2) is 0 Å². The largest absolute Gasteiger partial charge is 0.244 e. The van der Waals surface area contributed by atoms with Crippen molar-refractivity contribution in [1.82, 2.24) is 4.31 Å². The van der Waals surface area contributed by atoms with Crippen molar-refractivity contribution < 1.29 is 8.42 Å². The number of alkyl halides is 1. The number of benzene rings is 1. The van der Waals surface area contributed by atoms with Crippen molar-refractivity contribution in [2.45, 2.75) is 29.5 Å². The summed E-state index contributed by atoms with van der Waals surface area (Å²) < 4.78 is 26.7. The van der Waals surface area contributed by atoms with Crippen molar-refractivity contribution in [2.24, 2.45) is 5.92 Å². The Hall–Kier alpha value is 0.190. The molecule has 1 heterocycles. The zero-order valence-electron chi connectivity index (χ0n) is 11.0. The molecule has 2 rings (SSSR count). The van der Waals surface area contributed by atoms with Crippen molar-refractivity contribution in [1.29, 1.82) is 0 Å². The predicted octanol–water partition coefficient (Wildman–Crippen LogP) is 4.18. The van der Waals surface area contributed by atoms with Gasteiger partial charge in [0.25, 0.3) is 0 Å². The van der Waals surface area contributed by atoms with Crippen LogP contribution in [-0.4, -0.2) is 30.6 Å². The summed E-state index contributed by atoms with van der Waals surface area (Å²) in [5.74, 6) is 0.510. The fourth-order valence-corrected chi connectivity index (χ4v) is 5.12. The minimum atomic E-state index is -3.56. The molecular formula is C13H16BrCl2NO2S. The highest BCUT2D eigenvalue weighted by atomic mass is 79.9. The number of nitrogens with zero attached hydrogens (tertiary/aromatic N) is 1. The zero-order valence-corrected chi connectivity index (χ0v) is 14.9. The highest BCUT2D eigenvalue weighted by Gasteiger charge is 2.32. The Balaban J connectivity index is 2.22. The van der Waals surface area contributed by atoms with E-state index in [-0.39, 0.29) is 9.92 Å². The fourth-order valence-electron chi connectivity index (χ4n) is 2.39. The van der Waals surface area contributed by atoms with Crippen molar-refractivity contribution in [3.05, 3.63) is 28.2 Å². The molecule has 0 spiro atoms. The first-order valence-corrected chi connectivity index (χ1v) is 9.53. The first-order valence-electron chi connectivity index (χ1n) is 6.41. The summed E-state index contributed by atoms with van der Waals surface area (Å²) in [6.45, 7) is 3.14. The molecular weight excluding hydrogens is 385 g/mol. The SMILES string of the molecule is CC(Br)C1CCN(S(=O)(=O)c2cc(Cl)ccc2Cl)CC1. The molecule has 0 N–H and O–H groups in total. The Kier molecular flexibility index (Phi) is 5.40. The van der Waals surface area contributed by atoms with E-state index in [0.717, 1.165) is 12.8 Å². The maximum absolute atomic E-state index is 12.6. The normalized spacial score (nSPS) is 20.0. The highest BCUT2D eigenvalue weighted by molar-refractivity contribution is 9.09. The Morgan fingerprint density at radius 3 is 2.45 bits per heavy atom. The van der Waals surface area contributed by atoms with Crippen molar-refractivity contribution in [3.8, 4) is 0 Å². The van der Waals surface area contributed by atoms with E-state index in [1.807, 2.05) is 0 Å². The van der Waals surface area contributed by atoms with Gasteiger partial charge in [0.2, 0.25) is 10.0 Å². The number of hydrogen-bond acceptors (Lipinski definition) is 2. The molecule has 1 aliphatic heterocycles.